The van der Waals surface area contributed by atoms with E-state index in [9.17, 15) is 0 Å². The Kier molecular flexibility index (Phi) is 4.48. The van der Waals surface area contributed by atoms with Gasteiger partial charge in [0.05, 0.1) is 6.10 Å². The van der Waals surface area contributed by atoms with Crippen molar-refractivity contribution < 1.29 is 4.74 Å². The molecule has 0 heterocycles. The standard InChI is InChI=1S/C17H31NO/c1-3-18-16(17(19-4-2)13-7-8-13)11-15-10-12-5-6-14(15)9-12/h12-18H,3-11H2,1-2H3. The second-order valence-corrected chi connectivity index (χ2v) is 7.09. The van der Waals surface area contributed by atoms with Crippen LogP contribution in [0.5, 0.6) is 0 Å². The van der Waals surface area contributed by atoms with Crippen molar-refractivity contribution in [2.45, 2.75) is 70.9 Å². The van der Waals surface area contributed by atoms with E-state index in [1.807, 2.05) is 0 Å². The maximum atomic E-state index is 6.11. The molecule has 0 aromatic carbocycles. The van der Waals surface area contributed by atoms with Crippen LogP contribution in [0.25, 0.3) is 0 Å². The lowest BCUT2D eigenvalue weighted by molar-refractivity contribution is 0.0108. The quantitative estimate of drug-likeness (QED) is 0.724. The summed E-state index contributed by atoms with van der Waals surface area (Å²) in [5.74, 6) is 3.96. The molecule has 3 aliphatic carbocycles. The fourth-order valence-corrected chi connectivity index (χ4v) is 4.79. The van der Waals surface area contributed by atoms with Gasteiger partial charge in [0.15, 0.2) is 0 Å². The highest BCUT2D eigenvalue weighted by Crippen LogP contribution is 2.50. The van der Waals surface area contributed by atoms with Crippen molar-refractivity contribution in [1.82, 2.24) is 5.32 Å². The summed E-state index contributed by atoms with van der Waals surface area (Å²) in [6.07, 6.45) is 10.7. The zero-order chi connectivity index (χ0) is 13.2. The molecule has 19 heavy (non-hydrogen) atoms. The van der Waals surface area contributed by atoms with Gasteiger partial charge in [-0.25, -0.2) is 0 Å². The number of fused-ring (bicyclic) bond motifs is 2. The molecule has 3 rings (SSSR count). The number of rotatable bonds is 8. The minimum atomic E-state index is 0.490. The number of nitrogens with one attached hydrogen (secondary N) is 1. The van der Waals surface area contributed by atoms with E-state index >= 15 is 0 Å². The van der Waals surface area contributed by atoms with E-state index in [1.165, 1.54) is 44.9 Å². The maximum Gasteiger partial charge on any atom is 0.0756 e. The topological polar surface area (TPSA) is 21.3 Å². The van der Waals surface area contributed by atoms with E-state index in [0.717, 1.165) is 36.8 Å². The van der Waals surface area contributed by atoms with Gasteiger partial charge >= 0.3 is 0 Å². The fraction of sp³-hybridized carbons (Fsp3) is 1.00. The van der Waals surface area contributed by atoms with Gasteiger partial charge in [0.1, 0.15) is 0 Å². The average Bonchev–Trinajstić information content (AvgIpc) is 3.04. The Bertz CT molecular complexity index is 289. The number of hydrogen-bond donors (Lipinski definition) is 1. The van der Waals surface area contributed by atoms with Crippen LogP contribution in [0.15, 0.2) is 0 Å². The minimum Gasteiger partial charge on any atom is -0.377 e. The van der Waals surface area contributed by atoms with Gasteiger partial charge in [0.2, 0.25) is 0 Å². The van der Waals surface area contributed by atoms with Crippen molar-refractivity contribution in [3.8, 4) is 0 Å². The highest BCUT2D eigenvalue weighted by molar-refractivity contribution is 4.96. The second kappa shape index (κ2) is 6.13. The SMILES string of the molecule is CCNC(CC1CC2CCC1C2)C(OCC)C1CC1. The first-order valence-corrected chi connectivity index (χ1v) is 8.66. The molecular formula is C17H31NO. The summed E-state index contributed by atoms with van der Waals surface area (Å²) in [6.45, 7) is 6.35. The van der Waals surface area contributed by atoms with Gasteiger partial charge in [-0.2, -0.15) is 0 Å². The fourth-order valence-electron chi connectivity index (χ4n) is 4.79. The van der Waals surface area contributed by atoms with Gasteiger partial charge in [0.25, 0.3) is 0 Å². The third-order valence-electron chi connectivity index (χ3n) is 5.75. The number of hydrogen-bond acceptors (Lipinski definition) is 2. The molecule has 2 heteroatoms. The summed E-state index contributed by atoms with van der Waals surface area (Å²) >= 11 is 0. The van der Waals surface area contributed by atoms with Crippen molar-refractivity contribution in [2.24, 2.45) is 23.7 Å². The molecule has 0 aromatic heterocycles. The molecule has 1 N–H and O–H groups in total. The van der Waals surface area contributed by atoms with Gasteiger partial charge < -0.3 is 10.1 Å². The molecule has 3 aliphatic rings. The van der Waals surface area contributed by atoms with Crippen molar-refractivity contribution in [3.63, 3.8) is 0 Å². The highest BCUT2D eigenvalue weighted by atomic mass is 16.5. The van der Waals surface area contributed by atoms with Crippen LogP contribution in [0.3, 0.4) is 0 Å². The van der Waals surface area contributed by atoms with Gasteiger partial charge in [-0.3, -0.25) is 0 Å². The molecule has 0 aromatic rings. The monoisotopic (exact) mass is 265 g/mol. The summed E-state index contributed by atoms with van der Waals surface area (Å²) in [5, 5.41) is 3.75. The summed E-state index contributed by atoms with van der Waals surface area (Å²) in [5.41, 5.74) is 0. The predicted molar refractivity (Wildman–Crippen MR) is 79.2 cm³/mol. The Morgan fingerprint density at radius 1 is 1.11 bits per heavy atom. The van der Waals surface area contributed by atoms with E-state index in [2.05, 4.69) is 19.2 Å². The molecule has 3 fully saturated rings. The molecule has 0 spiro atoms. The van der Waals surface area contributed by atoms with Gasteiger partial charge in [-0.05, 0) is 75.7 Å². The lowest BCUT2D eigenvalue weighted by Gasteiger charge is -2.32. The van der Waals surface area contributed by atoms with Crippen molar-refractivity contribution in [2.75, 3.05) is 13.2 Å². The van der Waals surface area contributed by atoms with Crippen LogP contribution in [0, 0.1) is 23.7 Å². The molecule has 2 bridgehead atoms. The highest BCUT2D eigenvalue weighted by Gasteiger charge is 2.43. The van der Waals surface area contributed by atoms with Crippen LogP contribution in [0.1, 0.15) is 58.8 Å². The Balaban J connectivity index is 1.59. The zero-order valence-electron chi connectivity index (χ0n) is 12.7. The van der Waals surface area contributed by atoms with Crippen molar-refractivity contribution in [3.05, 3.63) is 0 Å². The average molecular weight is 265 g/mol. The molecule has 0 saturated heterocycles. The molecule has 0 radical (unpaired) electrons. The van der Waals surface area contributed by atoms with E-state index in [4.69, 9.17) is 4.74 Å². The Morgan fingerprint density at radius 2 is 1.95 bits per heavy atom. The van der Waals surface area contributed by atoms with E-state index in [-0.39, 0.29) is 0 Å². The molecule has 3 saturated carbocycles. The summed E-state index contributed by atoms with van der Waals surface area (Å²) in [4.78, 5) is 0. The van der Waals surface area contributed by atoms with Crippen LogP contribution >= 0.6 is 0 Å². The van der Waals surface area contributed by atoms with Crippen molar-refractivity contribution in [1.29, 1.82) is 0 Å². The van der Waals surface area contributed by atoms with Gasteiger partial charge in [-0.1, -0.05) is 13.3 Å². The number of ether oxygens (including phenoxy) is 1. The predicted octanol–water partition coefficient (Wildman–Crippen LogP) is 3.61. The third-order valence-corrected chi connectivity index (χ3v) is 5.75. The van der Waals surface area contributed by atoms with E-state index in [0.29, 0.717) is 12.1 Å². The molecule has 2 nitrogen and oxygen atoms in total. The molecule has 0 aliphatic heterocycles. The second-order valence-electron chi connectivity index (χ2n) is 7.09. The molecule has 5 atom stereocenters. The van der Waals surface area contributed by atoms with E-state index < -0.39 is 0 Å². The van der Waals surface area contributed by atoms with Crippen LogP contribution < -0.4 is 5.32 Å². The molecular weight excluding hydrogens is 234 g/mol. The first kappa shape index (κ1) is 13.9. The first-order chi connectivity index (χ1) is 9.31. The van der Waals surface area contributed by atoms with Crippen LogP contribution in [0.4, 0.5) is 0 Å². The normalized spacial score (nSPS) is 36.6. The Hall–Kier alpha value is -0.0800. The van der Waals surface area contributed by atoms with Crippen LogP contribution in [-0.2, 0) is 4.74 Å². The summed E-state index contributed by atoms with van der Waals surface area (Å²) < 4.78 is 6.11. The minimum absolute atomic E-state index is 0.490. The van der Waals surface area contributed by atoms with Crippen LogP contribution in [-0.4, -0.2) is 25.3 Å². The lowest BCUT2D eigenvalue weighted by atomic mass is 9.82. The molecule has 0 amide bonds. The van der Waals surface area contributed by atoms with E-state index in [1.54, 1.807) is 0 Å². The molecule has 110 valence electrons. The summed E-state index contributed by atoms with van der Waals surface area (Å²) in [7, 11) is 0. The lowest BCUT2D eigenvalue weighted by Crippen LogP contribution is -2.44. The van der Waals surface area contributed by atoms with Crippen molar-refractivity contribution >= 4 is 0 Å². The summed E-state index contributed by atoms with van der Waals surface area (Å²) in [6, 6.07) is 0.613. The number of likely N-dealkylation sites (N-methyl/N-ethyl adjacent to an activating group) is 1. The maximum absolute atomic E-state index is 6.11. The third kappa shape index (κ3) is 3.16. The van der Waals surface area contributed by atoms with Gasteiger partial charge in [0, 0.05) is 12.6 Å². The smallest absolute Gasteiger partial charge is 0.0756 e. The Morgan fingerprint density at radius 3 is 2.47 bits per heavy atom. The molecule has 5 unspecified atom stereocenters. The van der Waals surface area contributed by atoms with Crippen LogP contribution in [0.2, 0.25) is 0 Å². The zero-order valence-corrected chi connectivity index (χ0v) is 12.7. The Labute approximate surface area is 118 Å². The first-order valence-electron chi connectivity index (χ1n) is 8.66. The van der Waals surface area contributed by atoms with Gasteiger partial charge in [-0.15, -0.1) is 0 Å². The largest absolute Gasteiger partial charge is 0.377 e.